The molecule has 0 aliphatic carbocycles. The summed E-state index contributed by atoms with van der Waals surface area (Å²) >= 11 is 0. The smallest absolute Gasteiger partial charge is 0.326 e. The van der Waals surface area contributed by atoms with Crippen LogP contribution in [0, 0.1) is 0 Å². The molecule has 0 saturated heterocycles. The van der Waals surface area contributed by atoms with Crippen molar-refractivity contribution in [3.05, 3.63) is 24.3 Å². The first-order chi connectivity index (χ1) is 24.4. The Balaban J connectivity index is 4.36. The van der Waals surface area contributed by atoms with Crippen LogP contribution in [-0.2, 0) is 19.1 Å². The number of nitrogens with two attached hydrogens (primary N) is 1. The summed E-state index contributed by atoms with van der Waals surface area (Å²) < 4.78 is 6.02. The Morgan fingerprint density at radius 3 is 1.56 bits per heavy atom. The number of carbonyl (C=O) groups excluding carboxylic acids is 2. The van der Waals surface area contributed by atoms with E-state index in [0.29, 0.717) is 32.2 Å². The summed E-state index contributed by atoms with van der Waals surface area (Å²) in [6, 6.07) is -0.857. The molecule has 0 rings (SSSR count). The van der Waals surface area contributed by atoms with Gasteiger partial charge in [0.05, 0.1) is 0 Å². The Bertz CT molecular complexity index is 843. The molecule has 50 heavy (non-hydrogen) atoms. The number of unbranched alkanes of at least 4 members (excludes halogenated alkanes) is 20. The fourth-order valence-corrected chi connectivity index (χ4v) is 6.30. The number of carboxylic acids is 1. The van der Waals surface area contributed by atoms with Crippen LogP contribution in [0.1, 0.15) is 213 Å². The molecule has 2 atom stereocenters. The molecule has 0 spiro atoms. The van der Waals surface area contributed by atoms with Crippen LogP contribution in [0.15, 0.2) is 24.3 Å². The maximum absolute atomic E-state index is 12.7. The quantitative estimate of drug-likeness (QED) is 0.0334. The number of aliphatic carboxylic acids is 1. The number of rotatable bonds is 38. The van der Waals surface area contributed by atoms with E-state index in [4.69, 9.17) is 10.5 Å². The van der Waals surface area contributed by atoms with E-state index in [-0.39, 0.29) is 18.0 Å². The van der Waals surface area contributed by atoms with Crippen molar-refractivity contribution in [2.75, 3.05) is 6.54 Å². The molecule has 0 aromatic carbocycles. The van der Waals surface area contributed by atoms with Crippen LogP contribution in [0.2, 0.25) is 0 Å². The van der Waals surface area contributed by atoms with Gasteiger partial charge < -0.3 is 20.9 Å². The largest absolute Gasteiger partial charge is 0.480 e. The van der Waals surface area contributed by atoms with E-state index >= 15 is 0 Å². The Hall–Kier alpha value is -2.15. The van der Waals surface area contributed by atoms with Crippen molar-refractivity contribution >= 4 is 17.8 Å². The average molecular weight is 705 g/mol. The Morgan fingerprint density at radius 1 is 0.580 bits per heavy atom. The number of esters is 1. The summed E-state index contributed by atoms with van der Waals surface area (Å²) in [4.78, 5) is 36.3. The molecule has 7 heteroatoms. The molecule has 1 amide bonds. The van der Waals surface area contributed by atoms with Gasteiger partial charge >= 0.3 is 11.9 Å². The van der Waals surface area contributed by atoms with Crippen molar-refractivity contribution in [1.29, 1.82) is 0 Å². The molecule has 7 nitrogen and oxygen atoms in total. The zero-order valence-corrected chi connectivity index (χ0v) is 32.7. The lowest BCUT2D eigenvalue weighted by Crippen LogP contribution is -2.40. The van der Waals surface area contributed by atoms with Crippen LogP contribution < -0.4 is 11.1 Å². The van der Waals surface area contributed by atoms with Gasteiger partial charge in [0.25, 0.3) is 0 Å². The van der Waals surface area contributed by atoms with E-state index in [1.807, 2.05) is 0 Å². The summed E-state index contributed by atoms with van der Waals surface area (Å²) in [6.07, 6.45) is 42.2. The van der Waals surface area contributed by atoms with Crippen LogP contribution in [0.25, 0.3) is 0 Å². The third kappa shape index (κ3) is 34.3. The zero-order valence-electron chi connectivity index (χ0n) is 32.7. The Labute approximate surface area is 308 Å². The molecule has 4 N–H and O–H groups in total. The number of amides is 1. The predicted octanol–water partition coefficient (Wildman–Crippen LogP) is 11.7. The topological polar surface area (TPSA) is 119 Å². The molecule has 0 saturated carbocycles. The fraction of sp³-hybridized carbons (Fsp3) is 0.837. The summed E-state index contributed by atoms with van der Waals surface area (Å²) in [7, 11) is 0. The van der Waals surface area contributed by atoms with Crippen LogP contribution in [-0.4, -0.2) is 41.6 Å². The molecule has 0 radical (unpaired) electrons. The average Bonchev–Trinajstić information content (AvgIpc) is 3.10. The summed E-state index contributed by atoms with van der Waals surface area (Å²) in [5, 5.41) is 11.9. The zero-order chi connectivity index (χ0) is 36.8. The second kappa shape index (κ2) is 38.1. The molecule has 2 unspecified atom stereocenters. The highest BCUT2D eigenvalue weighted by atomic mass is 16.5. The highest BCUT2D eigenvalue weighted by molar-refractivity contribution is 5.83. The number of hydrogen-bond acceptors (Lipinski definition) is 5. The van der Waals surface area contributed by atoms with E-state index in [0.717, 1.165) is 83.5 Å². The molecule has 0 heterocycles. The highest BCUT2D eigenvalue weighted by Gasteiger charge is 2.19. The van der Waals surface area contributed by atoms with Gasteiger partial charge in [0, 0.05) is 12.8 Å². The maximum atomic E-state index is 12.7. The van der Waals surface area contributed by atoms with E-state index in [2.05, 4.69) is 43.5 Å². The minimum Gasteiger partial charge on any atom is -0.480 e. The first-order valence-electron chi connectivity index (χ1n) is 21.2. The first kappa shape index (κ1) is 47.8. The van der Waals surface area contributed by atoms with E-state index < -0.39 is 12.0 Å². The van der Waals surface area contributed by atoms with Crippen LogP contribution >= 0.6 is 0 Å². The number of carboxylic acid groups (broad SMARTS) is 1. The van der Waals surface area contributed by atoms with Crippen molar-refractivity contribution in [1.82, 2.24) is 5.32 Å². The van der Waals surface area contributed by atoms with Gasteiger partial charge in [0.1, 0.15) is 12.1 Å². The SMILES string of the molecule is CCCCCCC/C=C\C/C=C\CCCCCC(CCCCCCCC(=O)NC(CCCN)C(=O)O)OC(=O)CCCCCCCCCCC. The fourth-order valence-electron chi connectivity index (χ4n) is 6.30. The monoisotopic (exact) mass is 705 g/mol. The summed E-state index contributed by atoms with van der Waals surface area (Å²) in [6.45, 7) is 4.92. The van der Waals surface area contributed by atoms with Crippen molar-refractivity contribution in [3.8, 4) is 0 Å². The van der Waals surface area contributed by atoms with Gasteiger partial charge in [-0.05, 0) is 90.0 Å². The first-order valence-corrected chi connectivity index (χ1v) is 21.2. The number of allylic oxidation sites excluding steroid dienone is 4. The number of hydrogen-bond donors (Lipinski definition) is 3. The molecule has 0 aromatic heterocycles. The Morgan fingerprint density at radius 2 is 1.04 bits per heavy atom. The molecule has 0 bridgehead atoms. The highest BCUT2D eigenvalue weighted by Crippen LogP contribution is 2.18. The van der Waals surface area contributed by atoms with Crippen molar-refractivity contribution in [2.24, 2.45) is 5.73 Å². The lowest BCUT2D eigenvalue weighted by Gasteiger charge is -2.18. The van der Waals surface area contributed by atoms with Gasteiger partial charge in [-0.1, -0.05) is 141 Å². The predicted molar refractivity (Wildman–Crippen MR) is 211 cm³/mol. The van der Waals surface area contributed by atoms with Gasteiger partial charge in [-0.2, -0.15) is 0 Å². The van der Waals surface area contributed by atoms with Crippen LogP contribution in [0.3, 0.4) is 0 Å². The molecular formula is C43H80N2O5. The van der Waals surface area contributed by atoms with Gasteiger partial charge in [0.2, 0.25) is 5.91 Å². The minimum absolute atomic E-state index is 0.00373. The molecular weight excluding hydrogens is 624 g/mol. The molecule has 0 aromatic rings. The van der Waals surface area contributed by atoms with Gasteiger partial charge in [0.15, 0.2) is 0 Å². The van der Waals surface area contributed by atoms with Crippen molar-refractivity contribution in [3.63, 3.8) is 0 Å². The third-order valence-corrected chi connectivity index (χ3v) is 9.52. The van der Waals surface area contributed by atoms with Gasteiger partial charge in [-0.3, -0.25) is 9.59 Å². The summed E-state index contributed by atoms with van der Waals surface area (Å²) in [5.74, 6) is -1.25. The lowest BCUT2D eigenvalue weighted by molar-refractivity contribution is -0.150. The molecule has 0 aliphatic heterocycles. The molecule has 0 aliphatic rings. The number of carbonyl (C=O) groups is 3. The van der Waals surface area contributed by atoms with Crippen molar-refractivity contribution in [2.45, 2.75) is 225 Å². The van der Waals surface area contributed by atoms with E-state index in [1.165, 1.54) is 89.9 Å². The van der Waals surface area contributed by atoms with Gasteiger partial charge in [-0.15, -0.1) is 0 Å². The number of ether oxygens (including phenoxy) is 1. The maximum Gasteiger partial charge on any atom is 0.326 e. The summed E-state index contributed by atoms with van der Waals surface area (Å²) in [5.41, 5.74) is 5.48. The van der Waals surface area contributed by atoms with Crippen LogP contribution in [0.5, 0.6) is 0 Å². The van der Waals surface area contributed by atoms with E-state index in [9.17, 15) is 19.5 Å². The molecule has 292 valence electrons. The minimum atomic E-state index is -1.01. The molecule has 0 fully saturated rings. The van der Waals surface area contributed by atoms with Gasteiger partial charge in [-0.25, -0.2) is 4.79 Å². The normalized spacial score (nSPS) is 12.9. The van der Waals surface area contributed by atoms with Crippen LogP contribution in [0.4, 0.5) is 0 Å². The second-order valence-corrected chi connectivity index (χ2v) is 14.4. The Kier molecular flexibility index (Phi) is 36.5. The standard InChI is InChI=1S/C43H80N2O5/c1-3-5-7-9-11-13-14-15-16-17-18-20-21-24-28-33-39(50-42(47)37-31-27-22-19-12-10-8-6-4-2)34-29-25-23-26-30-36-41(46)45-40(43(48)49)35-32-38-44/h14-15,17-18,39-40H,3-13,16,19-38,44H2,1-2H3,(H,45,46)(H,48,49)/b15-14-,18-17-. The van der Waals surface area contributed by atoms with E-state index in [1.54, 1.807) is 0 Å². The number of nitrogens with one attached hydrogen (secondary N) is 1. The lowest BCUT2D eigenvalue weighted by atomic mass is 10.0. The van der Waals surface area contributed by atoms with Crippen molar-refractivity contribution < 1.29 is 24.2 Å². The second-order valence-electron chi connectivity index (χ2n) is 14.4. The third-order valence-electron chi connectivity index (χ3n) is 9.52.